The molecule has 5 heteroatoms. The summed E-state index contributed by atoms with van der Waals surface area (Å²) in [5.74, 6) is -0.668. The van der Waals surface area contributed by atoms with Gasteiger partial charge < -0.3 is 4.90 Å². The third kappa shape index (κ3) is 4.32. The number of rotatable bonds is 5. The molecule has 0 spiro atoms. The van der Waals surface area contributed by atoms with Crippen LogP contribution in [-0.2, 0) is 0 Å². The molecule has 0 unspecified atom stereocenters. The van der Waals surface area contributed by atoms with Crippen LogP contribution in [0.25, 0.3) is 0 Å². The maximum atomic E-state index is 13.9. The third-order valence-electron chi connectivity index (χ3n) is 2.55. The van der Waals surface area contributed by atoms with Gasteiger partial charge in [0.25, 0.3) is 5.91 Å². The number of halogens is 2. The predicted octanol–water partition coefficient (Wildman–Crippen LogP) is 3.60. The summed E-state index contributed by atoms with van der Waals surface area (Å²) < 4.78 is 14.2. The first-order valence-electron chi connectivity index (χ1n) is 6.07. The number of hydrogen-bond donors (Lipinski definition) is 0. The number of benzene rings is 1. The number of hydrogen-bond acceptors (Lipinski definition) is 2. The van der Waals surface area contributed by atoms with Gasteiger partial charge in [0, 0.05) is 13.1 Å². The lowest BCUT2D eigenvalue weighted by Gasteiger charge is -2.24. The third-order valence-corrected chi connectivity index (χ3v) is 3.16. The minimum Gasteiger partial charge on any atom is -0.337 e. The smallest absolute Gasteiger partial charge is 0.256 e. The Balaban J connectivity index is 2.98. The first kappa shape index (κ1) is 15.6. The number of nitriles is 1. The lowest BCUT2D eigenvalue weighted by atomic mass is 10.1. The van der Waals surface area contributed by atoms with Crippen molar-refractivity contribution in [3.63, 3.8) is 0 Å². The molecular weight excluding hydrogens is 311 g/mol. The summed E-state index contributed by atoms with van der Waals surface area (Å²) in [6.45, 7) is 4.78. The van der Waals surface area contributed by atoms with Crippen molar-refractivity contribution in [1.29, 1.82) is 5.26 Å². The molecule has 1 rings (SSSR count). The Morgan fingerprint density at radius 1 is 1.53 bits per heavy atom. The summed E-state index contributed by atoms with van der Waals surface area (Å²) in [6, 6.07) is 6.64. The zero-order valence-electron chi connectivity index (χ0n) is 11.0. The molecule has 0 aliphatic carbocycles. The van der Waals surface area contributed by atoms with E-state index < -0.39 is 5.82 Å². The molecule has 1 amide bonds. The Kier molecular flexibility index (Phi) is 5.97. The van der Waals surface area contributed by atoms with Gasteiger partial charge in [-0.1, -0.05) is 19.9 Å². The summed E-state index contributed by atoms with van der Waals surface area (Å²) >= 11 is 3.07. The largest absolute Gasteiger partial charge is 0.337 e. The molecule has 3 nitrogen and oxygen atoms in total. The van der Waals surface area contributed by atoms with E-state index in [0.29, 0.717) is 13.1 Å². The van der Waals surface area contributed by atoms with E-state index in [1.807, 2.05) is 19.9 Å². The van der Waals surface area contributed by atoms with Gasteiger partial charge in [-0.3, -0.25) is 4.79 Å². The van der Waals surface area contributed by atoms with Gasteiger partial charge in [-0.15, -0.1) is 0 Å². The van der Waals surface area contributed by atoms with E-state index in [2.05, 4.69) is 15.9 Å². The molecule has 0 N–H and O–H groups in total. The summed E-state index contributed by atoms with van der Waals surface area (Å²) in [5.41, 5.74) is 0.0352. The van der Waals surface area contributed by atoms with Gasteiger partial charge in [-0.2, -0.15) is 5.26 Å². The monoisotopic (exact) mass is 326 g/mol. The molecule has 102 valence electrons. The van der Waals surface area contributed by atoms with E-state index in [1.54, 1.807) is 12.1 Å². The molecule has 0 aliphatic heterocycles. The topological polar surface area (TPSA) is 44.1 Å². The molecule has 0 atom stereocenters. The van der Waals surface area contributed by atoms with Crippen molar-refractivity contribution in [3.8, 4) is 6.07 Å². The maximum absolute atomic E-state index is 13.9. The second-order valence-corrected chi connectivity index (χ2v) is 5.51. The van der Waals surface area contributed by atoms with Crippen LogP contribution < -0.4 is 0 Å². The van der Waals surface area contributed by atoms with Crippen LogP contribution in [0.1, 0.15) is 30.6 Å². The normalized spacial score (nSPS) is 10.3. The Bertz CT molecular complexity index is 497. The summed E-state index contributed by atoms with van der Waals surface area (Å²) in [6.07, 6.45) is 0.244. The lowest BCUT2D eigenvalue weighted by Crippen LogP contribution is -2.35. The van der Waals surface area contributed by atoms with Crippen molar-refractivity contribution in [1.82, 2.24) is 4.90 Å². The van der Waals surface area contributed by atoms with Gasteiger partial charge in [-0.05, 0) is 34.0 Å². The quantitative estimate of drug-likeness (QED) is 0.829. The van der Waals surface area contributed by atoms with Gasteiger partial charge in [0.05, 0.1) is 22.5 Å². The number of carbonyl (C=O) groups excluding carboxylic acids is 1. The van der Waals surface area contributed by atoms with Crippen LogP contribution in [0.4, 0.5) is 4.39 Å². The van der Waals surface area contributed by atoms with E-state index >= 15 is 0 Å². The minimum atomic E-state index is -0.557. The Morgan fingerprint density at radius 3 is 2.79 bits per heavy atom. The van der Waals surface area contributed by atoms with E-state index in [1.165, 1.54) is 11.0 Å². The van der Waals surface area contributed by atoms with Crippen LogP contribution in [0.2, 0.25) is 0 Å². The minimum absolute atomic E-state index is 0.0352. The van der Waals surface area contributed by atoms with Crippen LogP contribution in [0.3, 0.4) is 0 Å². The molecule has 1 aromatic rings. The fraction of sp³-hybridized carbons (Fsp3) is 0.429. The van der Waals surface area contributed by atoms with Crippen molar-refractivity contribution in [3.05, 3.63) is 34.1 Å². The van der Waals surface area contributed by atoms with E-state index in [4.69, 9.17) is 5.26 Å². The number of carbonyl (C=O) groups is 1. The van der Waals surface area contributed by atoms with Crippen molar-refractivity contribution in [2.24, 2.45) is 5.92 Å². The van der Waals surface area contributed by atoms with Crippen molar-refractivity contribution in [2.75, 3.05) is 13.1 Å². The van der Waals surface area contributed by atoms with Gasteiger partial charge in [0.2, 0.25) is 0 Å². The van der Waals surface area contributed by atoms with Crippen LogP contribution in [0.15, 0.2) is 22.7 Å². The lowest BCUT2D eigenvalue weighted by molar-refractivity contribution is 0.0735. The van der Waals surface area contributed by atoms with Crippen molar-refractivity contribution >= 4 is 21.8 Å². The zero-order chi connectivity index (χ0) is 14.4. The van der Waals surface area contributed by atoms with Crippen molar-refractivity contribution < 1.29 is 9.18 Å². The number of nitrogens with zero attached hydrogens (tertiary/aromatic N) is 2. The highest BCUT2D eigenvalue weighted by Gasteiger charge is 2.20. The molecule has 1 aromatic carbocycles. The molecule has 0 saturated heterocycles. The molecule has 0 saturated carbocycles. The van der Waals surface area contributed by atoms with E-state index in [-0.39, 0.29) is 28.3 Å². The van der Waals surface area contributed by atoms with E-state index in [0.717, 1.165) is 0 Å². The maximum Gasteiger partial charge on any atom is 0.256 e. The zero-order valence-corrected chi connectivity index (χ0v) is 12.6. The molecule has 0 fully saturated rings. The highest BCUT2D eigenvalue weighted by molar-refractivity contribution is 9.10. The first-order chi connectivity index (χ1) is 8.97. The Hall–Kier alpha value is -1.41. The van der Waals surface area contributed by atoms with E-state index in [9.17, 15) is 9.18 Å². The molecular formula is C14H16BrFN2O. The highest BCUT2D eigenvalue weighted by atomic mass is 79.9. The molecule has 0 aromatic heterocycles. The van der Waals surface area contributed by atoms with Crippen LogP contribution in [0.5, 0.6) is 0 Å². The van der Waals surface area contributed by atoms with Crippen LogP contribution in [0, 0.1) is 23.1 Å². The second-order valence-electron chi connectivity index (χ2n) is 4.65. The Labute approximate surface area is 121 Å². The first-order valence-corrected chi connectivity index (χ1v) is 6.87. The summed E-state index contributed by atoms with van der Waals surface area (Å²) in [7, 11) is 0. The average molecular weight is 327 g/mol. The standard InChI is InChI=1S/C14H16BrFN2O/c1-10(2)9-18(8-4-7-17)14(19)11-5-3-6-12(15)13(11)16/h3,5-6,10H,4,8-9H2,1-2H3. The molecule has 0 heterocycles. The molecule has 0 aliphatic rings. The fourth-order valence-corrected chi connectivity index (χ4v) is 2.11. The Morgan fingerprint density at radius 2 is 2.21 bits per heavy atom. The highest BCUT2D eigenvalue weighted by Crippen LogP contribution is 2.20. The van der Waals surface area contributed by atoms with Gasteiger partial charge in [-0.25, -0.2) is 4.39 Å². The molecule has 0 radical (unpaired) electrons. The summed E-state index contributed by atoms with van der Waals surface area (Å²) in [4.78, 5) is 13.8. The van der Waals surface area contributed by atoms with Crippen LogP contribution >= 0.6 is 15.9 Å². The summed E-state index contributed by atoms with van der Waals surface area (Å²) in [5, 5.41) is 8.63. The number of amides is 1. The fourth-order valence-electron chi connectivity index (χ4n) is 1.74. The van der Waals surface area contributed by atoms with Gasteiger partial charge in [0.1, 0.15) is 5.82 Å². The second kappa shape index (κ2) is 7.25. The SMILES string of the molecule is CC(C)CN(CCC#N)C(=O)c1cccc(Br)c1F. The predicted molar refractivity (Wildman–Crippen MR) is 75.1 cm³/mol. The van der Waals surface area contributed by atoms with Crippen molar-refractivity contribution in [2.45, 2.75) is 20.3 Å². The van der Waals surface area contributed by atoms with Gasteiger partial charge in [0.15, 0.2) is 0 Å². The molecule has 0 bridgehead atoms. The average Bonchev–Trinajstić information content (AvgIpc) is 2.36. The van der Waals surface area contributed by atoms with Crippen LogP contribution in [-0.4, -0.2) is 23.9 Å². The molecule has 19 heavy (non-hydrogen) atoms. The van der Waals surface area contributed by atoms with Gasteiger partial charge >= 0.3 is 0 Å².